The molecule has 8 nitrogen and oxygen atoms in total. The number of ether oxygens (including phenoxy) is 2. The van der Waals surface area contributed by atoms with Gasteiger partial charge in [0.1, 0.15) is 17.7 Å². The number of carbonyl (C=O) groups excluding carboxylic acids is 1. The second-order valence-corrected chi connectivity index (χ2v) is 8.29. The van der Waals surface area contributed by atoms with Gasteiger partial charge >= 0.3 is 0 Å². The first kappa shape index (κ1) is 26.3. The molecular weight excluding hydrogens is 451 g/mol. The fourth-order valence-electron chi connectivity index (χ4n) is 2.88. The Morgan fingerprint density at radius 3 is 2.24 bits per heavy atom. The minimum absolute atomic E-state index is 0.0158. The SMILES string of the molecule is COc1ccc(CC(=O)NC(N=C(NC#N)Nc2c(F)cc(F)cc2F)C(C)(C)C)cc1OC. The summed E-state index contributed by atoms with van der Waals surface area (Å²) in [6.07, 6.45) is 0.688. The van der Waals surface area contributed by atoms with Crippen LogP contribution >= 0.6 is 0 Å². The lowest BCUT2D eigenvalue weighted by Gasteiger charge is -2.29. The fraction of sp³-hybridized carbons (Fsp3) is 0.348. The Labute approximate surface area is 195 Å². The van der Waals surface area contributed by atoms with Gasteiger partial charge in [0.2, 0.25) is 11.9 Å². The van der Waals surface area contributed by atoms with Crippen molar-refractivity contribution in [3.63, 3.8) is 0 Å². The zero-order chi connectivity index (χ0) is 25.5. The van der Waals surface area contributed by atoms with E-state index in [4.69, 9.17) is 14.7 Å². The molecule has 2 aromatic rings. The van der Waals surface area contributed by atoms with Crippen molar-refractivity contribution >= 4 is 17.6 Å². The van der Waals surface area contributed by atoms with E-state index in [9.17, 15) is 18.0 Å². The average Bonchev–Trinajstić information content (AvgIpc) is 2.74. The molecule has 0 aliphatic carbocycles. The van der Waals surface area contributed by atoms with Gasteiger partial charge in [-0.05, 0) is 17.7 Å². The minimum atomic E-state index is -1.21. The predicted octanol–water partition coefficient (Wildman–Crippen LogP) is 3.69. The molecule has 11 heteroatoms. The molecule has 0 aliphatic heterocycles. The number of nitrogens with zero attached hydrogens (tertiary/aromatic N) is 2. The van der Waals surface area contributed by atoms with Crippen molar-refractivity contribution in [1.82, 2.24) is 10.6 Å². The molecule has 1 unspecified atom stereocenters. The Morgan fingerprint density at radius 2 is 1.71 bits per heavy atom. The Balaban J connectivity index is 2.28. The van der Waals surface area contributed by atoms with Gasteiger partial charge in [0.15, 0.2) is 29.3 Å². The predicted molar refractivity (Wildman–Crippen MR) is 121 cm³/mol. The van der Waals surface area contributed by atoms with Crippen LogP contribution in [-0.2, 0) is 11.2 Å². The van der Waals surface area contributed by atoms with Crippen LogP contribution in [0.3, 0.4) is 0 Å². The van der Waals surface area contributed by atoms with E-state index in [0.717, 1.165) is 0 Å². The number of rotatable bonds is 7. The Kier molecular flexibility index (Phi) is 8.72. The highest BCUT2D eigenvalue weighted by molar-refractivity contribution is 5.95. The normalized spacial score (nSPS) is 12.4. The summed E-state index contributed by atoms with van der Waals surface area (Å²) in [5.74, 6) is -3.27. The molecule has 3 N–H and O–H groups in total. The zero-order valence-corrected chi connectivity index (χ0v) is 19.4. The summed E-state index contributed by atoms with van der Waals surface area (Å²) < 4.78 is 51.7. The van der Waals surface area contributed by atoms with Crippen LogP contribution < -0.4 is 25.4 Å². The van der Waals surface area contributed by atoms with Crippen LogP contribution in [-0.4, -0.2) is 32.3 Å². The summed E-state index contributed by atoms with van der Waals surface area (Å²) in [7, 11) is 2.98. The number of hydrogen-bond donors (Lipinski definition) is 3. The topological polar surface area (TPSA) is 108 Å². The molecule has 0 radical (unpaired) electrons. The number of aliphatic imine (C=N–C) groups is 1. The second kappa shape index (κ2) is 11.3. The fourth-order valence-corrected chi connectivity index (χ4v) is 2.88. The maximum atomic E-state index is 14.1. The zero-order valence-electron chi connectivity index (χ0n) is 19.4. The minimum Gasteiger partial charge on any atom is -0.493 e. The van der Waals surface area contributed by atoms with Crippen molar-refractivity contribution < 1.29 is 27.4 Å². The van der Waals surface area contributed by atoms with Crippen LogP contribution in [0, 0.1) is 34.3 Å². The number of amides is 1. The standard InChI is InChI=1S/C23H26F3N5O3/c1-23(2,3)21(29-19(32)9-13-6-7-17(33-4)18(8-13)34-5)31-22(28-12-27)30-20-15(25)10-14(24)11-16(20)26/h6-8,10-11,21H,9H2,1-5H3,(H,29,32)(H2,28,30,31). The summed E-state index contributed by atoms with van der Waals surface area (Å²) in [4.78, 5) is 17.0. The number of anilines is 1. The molecule has 182 valence electrons. The van der Waals surface area contributed by atoms with Gasteiger partial charge < -0.3 is 20.1 Å². The lowest BCUT2D eigenvalue weighted by Crippen LogP contribution is -2.45. The molecule has 0 aliphatic rings. The summed E-state index contributed by atoms with van der Waals surface area (Å²) in [5.41, 5.74) is -0.708. The molecule has 34 heavy (non-hydrogen) atoms. The largest absolute Gasteiger partial charge is 0.493 e. The number of carbonyl (C=O) groups is 1. The first-order valence-electron chi connectivity index (χ1n) is 10.1. The van der Waals surface area contributed by atoms with E-state index in [1.165, 1.54) is 14.2 Å². The van der Waals surface area contributed by atoms with Crippen molar-refractivity contribution in [3.8, 4) is 17.7 Å². The average molecular weight is 477 g/mol. The summed E-state index contributed by atoms with van der Waals surface area (Å²) in [6.45, 7) is 5.34. The van der Waals surface area contributed by atoms with Gasteiger partial charge in [-0.2, -0.15) is 5.26 Å². The second-order valence-electron chi connectivity index (χ2n) is 8.29. The smallest absolute Gasteiger partial charge is 0.226 e. The van der Waals surface area contributed by atoms with E-state index in [1.807, 2.05) is 0 Å². The molecule has 1 atom stereocenters. The van der Waals surface area contributed by atoms with E-state index in [2.05, 4.69) is 20.9 Å². The van der Waals surface area contributed by atoms with Gasteiger partial charge in [-0.1, -0.05) is 26.8 Å². The van der Waals surface area contributed by atoms with Gasteiger partial charge in [0, 0.05) is 17.5 Å². The number of nitrogens with one attached hydrogen (secondary N) is 3. The quantitative estimate of drug-likeness (QED) is 0.243. The maximum Gasteiger partial charge on any atom is 0.226 e. The molecule has 2 rings (SSSR count). The Hall–Kier alpha value is -3.94. The molecule has 0 spiro atoms. The van der Waals surface area contributed by atoms with E-state index >= 15 is 0 Å². The Bertz CT molecular complexity index is 1090. The third-order valence-corrected chi connectivity index (χ3v) is 4.61. The number of nitriles is 1. The van der Waals surface area contributed by atoms with E-state index in [0.29, 0.717) is 29.2 Å². The van der Waals surface area contributed by atoms with Crippen molar-refractivity contribution in [3.05, 3.63) is 53.3 Å². The number of benzene rings is 2. The lowest BCUT2D eigenvalue weighted by atomic mass is 9.92. The van der Waals surface area contributed by atoms with Crippen LogP contribution in [0.5, 0.6) is 11.5 Å². The van der Waals surface area contributed by atoms with Crippen molar-refractivity contribution in [2.45, 2.75) is 33.4 Å². The molecule has 0 heterocycles. The van der Waals surface area contributed by atoms with Crippen LogP contribution in [0.4, 0.5) is 18.9 Å². The number of hydrogen-bond acceptors (Lipinski definition) is 5. The maximum absolute atomic E-state index is 14.1. The number of methoxy groups -OCH3 is 2. The van der Waals surface area contributed by atoms with E-state index in [1.54, 1.807) is 45.2 Å². The highest BCUT2D eigenvalue weighted by Crippen LogP contribution is 2.28. The molecule has 0 fully saturated rings. The number of halogens is 3. The molecule has 1 amide bonds. The monoisotopic (exact) mass is 477 g/mol. The van der Waals surface area contributed by atoms with Crippen LogP contribution in [0.1, 0.15) is 26.3 Å². The highest BCUT2D eigenvalue weighted by Gasteiger charge is 2.27. The van der Waals surface area contributed by atoms with Gasteiger partial charge in [0.05, 0.1) is 20.6 Å². The van der Waals surface area contributed by atoms with Crippen molar-refractivity contribution in [2.24, 2.45) is 10.4 Å². The summed E-state index contributed by atoms with van der Waals surface area (Å²) in [6, 6.07) is 6.02. The summed E-state index contributed by atoms with van der Waals surface area (Å²) >= 11 is 0. The highest BCUT2D eigenvalue weighted by atomic mass is 19.1. The van der Waals surface area contributed by atoms with Gasteiger partial charge in [-0.15, -0.1) is 0 Å². The molecular formula is C23H26F3N5O3. The number of guanidine groups is 1. The van der Waals surface area contributed by atoms with Crippen LogP contribution in [0.25, 0.3) is 0 Å². The molecule has 0 saturated heterocycles. The van der Waals surface area contributed by atoms with Crippen LogP contribution in [0.2, 0.25) is 0 Å². The van der Waals surface area contributed by atoms with Crippen molar-refractivity contribution in [2.75, 3.05) is 19.5 Å². The molecule has 0 saturated carbocycles. The first-order chi connectivity index (χ1) is 16.0. The summed E-state index contributed by atoms with van der Waals surface area (Å²) in [5, 5.41) is 16.3. The lowest BCUT2D eigenvalue weighted by molar-refractivity contribution is -0.121. The molecule has 0 bridgehead atoms. The van der Waals surface area contributed by atoms with Crippen molar-refractivity contribution in [1.29, 1.82) is 5.26 Å². The van der Waals surface area contributed by atoms with Crippen LogP contribution in [0.15, 0.2) is 35.3 Å². The van der Waals surface area contributed by atoms with Gasteiger partial charge in [0.25, 0.3) is 0 Å². The van der Waals surface area contributed by atoms with Gasteiger partial charge in [-0.25, -0.2) is 18.2 Å². The first-order valence-corrected chi connectivity index (χ1v) is 10.1. The van der Waals surface area contributed by atoms with E-state index < -0.39 is 40.6 Å². The third kappa shape index (κ3) is 7.03. The Morgan fingerprint density at radius 1 is 1.09 bits per heavy atom. The third-order valence-electron chi connectivity index (χ3n) is 4.61. The molecule has 2 aromatic carbocycles. The van der Waals surface area contributed by atoms with Gasteiger partial charge in [-0.3, -0.25) is 10.1 Å². The molecule has 0 aromatic heterocycles. The van der Waals surface area contributed by atoms with E-state index in [-0.39, 0.29) is 12.4 Å².